The van der Waals surface area contributed by atoms with Gasteiger partial charge in [-0.15, -0.1) is 11.3 Å². The Morgan fingerprint density at radius 2 is 1.79 bits per heavy atom. The number of nitrogens with one attached hydrogen (secondary N) is 1. The molecule has 34 heavy (non-hydrogen) atoms. The zero-order valence-corrected chi connectivity index (χ0v) is 21.4. The zero-order valence-electron chi connectivity index (χ0n) is 18.9. The largest absolute Gasteiger partial charge is 0.325 e. The van der Waals surface area contributed by atoms with Crippen molar-refractivity contribution >= 4 is 54.9 Å². The average molecular weight is 513 g/mol. The molecule has 1 amide bonds. The molecule has 2 aromatic carbocycles. The van der Waals surface area contributed by atoms with E-state index in [1.807, 2.05) is 37.3 Å². The number of rotatable bonds is 8. The van der Waals surface area contributed by atoms with E-state index >= 15 is 0 Å². The molecule has 2 aromatic heterocycles. The Morgan fingerprint density at radius 1 is 1.09 bits per heavy atom. The van der Waals surface area contributed by atoms with Gasteiger partial charge in [0.05, 0.1) is 15.5 Å². The minimum atomic E-state index is -3.52. The highest BCUT2D eigenvalue weighted by Gasteiger charge is 2.23. The van der Waals surface area contributed by atoms with E-state index < -0.39 is 10.0 Å². The molecule has 10 heteroatoms. The molecule has 1 unspecified atom stereocenters. The molecule has 176 valence electrons. The number of nitrogens with zero attached hydrogens (tertiary/aromatic N) is 3. The molecule has 0 saturated carbocycles. The average Bonchev–Trinajstić information content (AvgIpc) is 3.28. The number of fused-ring (bicyclic) bond motifs is 1. The standard InChI is InChI=1S/C24H24N4O3S3/c1-4-20(22(29)27-17-10-12-18(13-11-17)34(30,31)28(2)3)33-24-21-19(16-8-6-5-7-9-16)14-32-23(21)25-15-26-24/h5-15,20H,4H2,1-3H3,(H,27,29). The molecule has 0 saturated heterocycles. The number of carbonyl (C=O) groups is 1. The SMILES string of the molecule is CCC(Sc1ncnc2scc(-c3ccccc3)c12)C(=O)Nc1ccc(S(=O)(=O)N(C)C)cc1. The topological polar surface area (TPSA) is 92.3 Å². The number of anilines is 1. The number of carbonyl (C=O) groups excluding carboxylic acids is 1. The minimum Gasteiger partial charge on any atom is -0.325 e. The molecule has 4 aromatic rings. The monoisotopic (exact) mass is 512 g/mol. The Morgan fingerprint density at radius 3 is 2.44 bits per heavy atom. The van der Waals surface area contributed by atoms with Crippen LogP contribution >= 0.6 is 23.1 Å². The van der Waals surface area contributed by atoms with Gasteiger partial charge in [-0.25, -0.2) is 22.7 Å². The smallest absolute Gasteiger partial charge is 0.242 e. The van der Waals surface area contributed by atoms with Crippen molar-refractivity contribution in [2.24, 2.45) is 0 Å². The maximum atomic E-state index is 13.1. The Bertz CT molecular complexity index is 1400. The number of hydrogen-bond donors (Lipinski definition) is 1. The van der Waals surface area contributed by atoms with Gasteiger partial charge in [-0.05, 0) is 36.2 Å². The van der Waals surface area contributed by atoms with Crippen molar-refractivity contribution in [3.05, 3.63) is 66.3 Å². The normalized spacial score (nSPS) is 12.7. The molecule has 0 spiro atoms. The molecule has 0 radical (unpaired) electrons. The lowest BCUT2D eigenvalue weighted by molar-refractivity contribution is -0.115. The highest BCUT2D eigenvalue weighted by molar-refractivity contribution is 8.00. The number of aromatic nitrogens is 2. The van der Waals surface area contributed by atoms with Gasteiger partial charge in [-0.1, -0.05) is 49.0 Å². The number of sulfonamides is 1. The second-order valence-corrected chi connectivity index (χ2v) is 11.9. The fraction of sp³-hybridized carbons (Fsp3) is 0.208. The van der Waals surface area contributed by atoms with E-state index in [9.17, 15) is 13.2 Å². The fourth-order valence-corrected chi connectivity index (χ4v) is 6.28. The van der Waals surface area contributed by atoms with Gasteiger partial charge >= 0.3 is 0 Å². The van der Waals surface area contributed by atoms with Gasteiger partial charge in [0.2, 0.25) is 15.9 Å². The highest BCUT2D eigenvalue weighted by atomic mass is 32.2. The highest BCUT2D eigenvalue weighted by Crippen LogP contribution is 2.39. The summed E-state index contributed by atoms with van der Waals surface area (Å²) in [7, 11) is -0.561. The van der Waals surface area contributed by atoms with Crippen molar-refractivity contribution in [2.75, 3.05) is 19.4 Å². The first kappa shape index (κ1) is 24.3. The summed E-state index contributed by atoms with van der Waals surface area (Å²) in [5.41, 5.74) is 2.67. The van der Waals surface area contributed by atoms with Gasteiger partial charge in [0.1, 0.15) is 16.2 Å². The molecule has 7 nitrogen and oxygen atoms in total. The molecule has 1 N–H and O–H groups in total. The maximum Gasteiger partial charge on any atom is 0.242 e. The molecule has 0 aliphatic heterocycles. The van der Waals surface area contributed by atoms with Gasteiger partial charge in [0.15, 0.2) is 0 Å². The van der Waals surface area contributed by atoms with Crippen LogP contribution in [0.2, 0.25) is 0 Å². The Hall–Kier alpha value is -2.79. The molecule has 0 aliphatic rings. The van der Waals surface area contributed by atoms with Crippen LogP contribution in [0, 0.1) is 0 Å². The molecule has 1 atom stereocenters. The third-order valence-corrected chi connectivity index (χ3v) is 9.32. The third-order valence-electron chi connectivity index (χ3n) is 5.24. The molecule has 0 bridgehead atoms. The lowest BCUT2D eigenvalue weighted by Crippen LogP contribution is -2.25. The van der Waals surface area contributed by atoms with Crippen LogP contribution in [0.15, 0.2) is 76.2 Å². The number of benzene rings is 2. The van der Waals surface area contributed by atoms with E-state index in [1.165, 1.54) is 44.3 Å². The summed E-state index contributed by atoms with van der Waals surface area (Å²) >= 11 is 2.97. The van der Waals surface area contributed by atoms with Gasteiger partial charge in [-0.3, -0.25) is 4.79 Å². The van der Waals surface area contributed by atoms with Crippen molar-refractivity contribution in [3.8, 4) is 11.1 Å². The first-order chi connectivity index (χ1) is 16.3. The van der Waals surface area contributed by atoms with Crippen molar-refractivity contribution < 1.29 is 13.2 Å². The minimum absolute atomic E-state index is 0.168. The number of thiophene rings is 1. The van der Waals surface area contributed by atoms with Crippen LogP contribution in [0.25, 0.3) is 21.3 Å². The van der Waals surface area contributed by atoms with Gasteiger partial charge in [0.25, 0.3) is 0 Å². The summed E-state index contributed by atoms with van der Waals surface area (Å²) in [5.74, 6) is -0.168. The second-order valence-electron chi connectivity index (χ2n) is 7.69. The van der Waals surface area contributed by atoms with Gasteiger partial charge in [0, 0.05) is 30.7 Å². The number of thioether (sulfide) groups is 1. The summed E-state index contributed by atoms with van der Waals surface area (Å²) in [4.78, 5) is 23.0. The van der Waals surface area contributed by atoms with Crippen LogP contribution in [0.4, 0.5) is 5.69 Å². The molecular weight excluding hydrogens is 488 g/mol. The number of hydrogen-bond acceptors (Lipinski definition) is 7. The van der Waals surface area contributed by atoms with E-state index in [0.717, 1.165) is 30.7 Å². The molecule has 4 rings (SSSR count). The Balaban J connectivity index is 1.56. The Labute approximate surface area is 207 Å². The van der Waals surface area contributed by atoms with Crippen molar-refractivity contribution in [3.63, 3.8) is 0 Å². The van der Waals surface area contributed by atoms with Crippen molar-refractivity contribution in [1.29, 1.82) is 0 Å². The van der Waals surface area contributed by atoms with E-state index in [4.69, 9.17) is 0 Å². The van der Waals surface area contributed by atoms with Crippen LogP contribution in [-0.2, 0) is 14.8 Å². The van der Waals surface area contributed by atoms with Gasteiger partial charge in [-0.2, -0.15) is 0 Å². The predicted octanol–water partition coefficient (Wildman–Crippen LogP) is 5.12. The van der Waals surface area contributed by atoms with Crippen LogP contribution < -0.4 is 5.32 Å². The summed E-state index contributed by atoms with van der Waals surface area (Å²) < 4.78 is 25.7. The Kier molecular flexibility index (Phi) is 7.32. The van der Waals surface area contributed by atoms with Crippen LogP contribution in [0.3, 0.4) is 0 Å². The van der Waals surface area contributed by atoms with E-state index in [0.29, 0.717) is 12.1 Å². The summed E-state index contributed by atoms with van der Waals surface area (Å²) in [6.45, 7) is 1.95. The number of amides is 1. The van der Waals surface area contributed by atoms with Crippen molar-refractivity contribution in [1.82, 2.24) is 14.3 Å². The van der Waals surface area contributed by atoms with Crippen LogP contribution in [-0.4, -0.2) is 47.9 Å². The maximum absolute atomic E-state index is 13.1. The third kappa shape index (κ3) is 5.00. The van der Waals surface area contributed by atoms with Gasteiger partial charge < -0.3 is 5.32 Å². The first-order valence-electron chi connectivity index (χ1n) is 10.6. The van der Waals surface area contributed by atoms with Crippen LogP contribution in [0.5, 0.6) is 0 Å². The first-order valence-corrected chi connectivity index (χ1v) is 13.8. The summed E-state index contributed by atoms with van der Waals surface area (Å²) in [6.07, 6.45) is 2.13. The summed E-state index contributed by atoms with van der Waals surface area (Å²) in [6, 6.07) is 16.2. The predicted molar refractivity (Wildman–Crippen MR) is 139 cm³/mol. The van der Waals surface area contributed by atoms with E-state index in [2.05, 4.69) is 20.7 Å². The van der Waals surface area contributed by atoms with E-state index in [-0.39, 0.29) is 16.1 Å². The fourth-order valence-electron chi connectivity index (χ4n) is 3.37. The molecule has 2 heterocycles. The van der Waals surface area contributed by atoms with E-state index in [1.54, 1.807) is 23.5 Å². The molecule has 0 aliphatic carbocycles. The lowest BCUT2D eigenvalue weighted by Gasteiger charge is -2.16. The summed E-state index contributed by atoms with van der Waals surface area (Å²) in [5, 5.41) is 6.31. The molecule has 0 fully saturated rings. The van der Waals surface area contributed by atoms with Crippen molar-refractivity contribution in [2.45, 2.75) is 28.5 Å². The quantitative estimate of drug-likeness (QED) is 0.260. The molecular formula is C24H24N4O3S3. The van der Waals surface area contributed by atoms with Crippen LogP contribution in [0.1, 0.15) is 13.3 Å². The lowest BCUT2D eigenvalue weighted by atomic mass is 10.1. The second kappa shape index (κ2) is 10.2. The zero-order chi connectivity index (χ0) is 24.3.